The van der Waals surface area contributed by atoms with E-state index in [2.05, 4.69) is 16.0 Å². The first kappa shape index (κ1) is 21.9. The number of hydrogen-bond acceptors (Lipinski definition) is 6. The second kappa shape index (κ2) is 9.38. The fourth-order valence-electron chi connectivity index (χ4n) is 2.68. The summed E-state index contributed by atoms with van der Waals surface area (Å²) in [4.78, 5) is 35.9. The molecule has 3 amide bonds. The van der Waals surface area contributed by atoms with Gasteiger partial charge in [-0.3, -0.25) is 9.59 Å². The van der Waals surface area contributed by atoms with Crippen molar-refractivity contribution in [2.24, 2.45) is 0 Å². The van der Waals surface area contributed by atoms with Crippen LogP contribution in [0.3, 0.4) is 0 Å². The van der Waals surface area contributed by atoms with Crippen LogP contribution in [0.1, 0.15) is 36.7 Å². The molecule has 0 unspecified atom stereocenters. The topological polar surface area (TPSA) is 115 Å². The van der Waals surface area contributed by atoms with Crippen molar-refractivity contribution in [1.29, 1.82) is 0 Å². The van der Waals surface area contributed by atoms with Crippen LogP contribution in [0.25, 0.3) is 0 Å². The number of hydrogen-bond donors (Lipinski definition) is 3. The first-order valence-corrected chi connectivity index (χ1v) is 9.73. The largest absolute Gasteiger partial charge is 0.454 e. The highest BCUT2D eigenvalue weighted by atomic mass is 16.7. The normalized spacial score (nSPS) is 12.1. The summed E-state index contributed by atoms with van der Waals surface area (Å²) in [5.74, 6) is 0.544. The van der Waals surface area contributed by atoms with Gasteiger partial charge in [0.05, 0.1) is 0 Å². The molecule has 2 aromatic rings. The van der Waals surface area contributed by atoms with E-state index >= 15 is 0 Å². The third-order valence-corrected chi connectivity index (χ3v) is 4.13. The molecule has 0 saturated heterocycles. The molecule has 3 N–H and O–H groups in total. The summed E-state index contributed by atoms with van der Waals surface area (Å²) < 4.78 is 15.6. The average Bonchev–Trinajstić information content (AvgIpc) is 3.18. The fourth-order valence-corrected chi connectivity index (χ4v) is 2.68. The van der Waals surface area contributed by atoms with Crippen LogP contribution in [-0.4, -0.2) is 36.8 Å². The lowest BCUT2D eigenvalue weighted by molar-refractivity contribution is -0.120. The van der Waals surface area contributed by atoms with E-state index in [9.17, 15) is 14.4 Å². The van der Waals surface area contributed by atoms with E-state index in [1.54, 1.807) is 63.2 Å². The number of nitrogens with one attached hydrogen (secondary N) is 3. The van der Waals surface area contributed by atoms with Crippen LogP contribution in [0.2, 0.25) is 0 Å². The Labute approximate surface area is 180 Å². The Bertz CT molecular complexity index is 966. The van der Waals surface area contributed by atoms with E-state index in [0.717, 1.165) is 5.56 Å². The van der Waals surface area contributed by atoms with Crippen LogP contribution < -0.4 is 25.4 Å². The van der Waals surface area contributed by atoms with Gasteiger partial charge in [-0.2, -0.15) is 0 Å². The molecule has 0 radical (unpaired) electrons. The Morgan fingerprint density at radius 1 is 0.968 bits per heavy atom. The second-order valence-corrected chi connectivity index (χ2v) is 7.85. The predicted molar refractivity (Wildman–Crippen MR) is 113 cm³/mol. The Hall–Kier alpha value is -3.75. The molecule has 164 valence electrons. The summed E-state index contributed by atoms with van der Waals surface area (Å²) in [7, 11) is 0. The number of amides is 3. The lowest BCUT2D eigenvalue weighted by atomic mass is 10.1. The quantitative estimate of drug-likeness (QED) is 0.653. The van der Waals surface area contributed by atoms with Crippen molar-refractivity contribution in [2.45, 2.75) is 32.9 Å². The molecule has 1 aliphatic rings. The number of rotatable bonds is 6. The smallest absolute Gasteiger partial charge is 0.408 e. The number of fused-ring (bicyclic) bond motifs is 1. The van der Waals surface area contributed by atoms with E-state index in [0.29, 0.717) is 22.7 Å². The molecule has 0 aliphatic carbocycles. The van der Waals surface area contributed by atoms with E-state index < -0.39 is 11.7 Å². The van der Waals surface area contributed by atoms with Crippen molar-refractivity contribution in [3.63, 3.8) is 0 Å². The summed E-state index contributed by atoms with van der Waals surface area (Å²) in [6.07, 6.45) is -0.648. The third kappa shape index (κ3) is 6.63. The molecular weight excluding hydrogens is 402 g/mol. The van der Waals surface area contributed by atoms with Crippen LogP contribution in [0.5, 0.6) is 11.5 Å². The predicted octanol–water partition coefficient (Wildman–Crippen LogP) is 2.81. The summed E-state index contributed by atoms with van der Waals surface area (Å²) in [5, 5.41) is 7.91. The molecule has 0 spiro atoms. The molecule has 0 atom stereocenters. The minimum atomic E-state index is -0.648. The molecule has 1 aliphatic heterocycles. The number of anilines is 1. The molecule has 0 aromatic heterocycles. The number of alkyl carbamates (subject to hydrolysis) is 1. The molecule has 0 saturated carbocycles. The third-order valence-electron chi connectivity index (χ3n) is 4.13. The van der Waals surface area contributed by atoms with Crippen molar-refractivity contribution in [3.05, 3.63) is 53.6 Å². The van der Waals surface area contributed by atoms with Gasteiger partial charge in [0.2, 0.25) is 12.7 Å². The van der Waals surface area contributed by atoms with Crippen molar-refractivity contribution in [1.82, 2.24) is 10.6 Å². The zero-order valence-electron chi connectivity index (χ0n) is 17.6. The highest BCUT2D eigenvalue weighted by Crippen LogP contribution is 2.32. The standard InChI is InChI=1S/C22H25N3O6/c1-22(2,3)31-21(28)24-12-19(26)23-11-14-4-7-16(8-5-14)25-20(27)15-6-9-17-18(10-15)30-13-29-17/h4-10H,11-13H2,1-3H3,(H,23,26)(H,24,28)(H,25,27). The lowest BCUT2D eigenvalue weighted by Crippen LogP contribution is -2.39. The zero-order chi connectivity index (χ0) is 22.4. The average molecular weight is 427 g/mol. The van der Waals surface area contributed by atoms with Gasteiger partial charge in [-0.25, -0.2) is 4.79 Å². The summed E-state index contributed by atoms with van der Waals surface area (Å²) in [6, 6.07) is 12.1. The molecule has 9 nitrogen and oxygen atoms in total. The highest BCUT2D eigenvalue weighted by molar-refractivity contribution is 6.04. The van der Waals surface area contributed by atoms with Crippen LogP contribution >= 0.6 is 0 Å². The van der Waals surface area contributed by atoms with Crippen LogP contribution in [0, 0.1) is 0 Å². The monoisotopic (exact) mass is 427 g/mol. The summed E-state index contributed by atoms with van der Waals surface area (Å²) in [5.41, 5.74) is 1.29. The minimum absolute atomic E-state index is 0.148. The van der Waals surface area contributed by atoms with E-state index in [1.807, 2.05) is 0 Å². The summed E-state index contributed by atoms with van der Waals surface area (Å²) in [6.45, 7) is 5.48. The van der Waals surface area contributed by atoms with Crippen LogP contribution in [-0.2, 0) is 16.1 Å². The van der Waals surface area contributed by atoms with Gasteiger partial charge >= 0.3 is 6.09 Å². The first-order valence-electron chi connectivity index (χ1n) is 9.73. The van der Waals surface area contributed by atoms with Crippen LogP contribution in [0.4, 0.5) is 10.5 Å². The molecule has 9 heteroatoms. The van der Waals surface area contributed by atoms with Gasteiger partial charge in [-0.15, -0.1) is 0 Å². The minimum Gasteiger partial charge on any atom is -0.454 e. The van der Waals surface area contributed by atoms with E-state index in [4.69, 9.17) is 14.2 Å². The molecule has 1 heterocycles. The van der Waals surface area contributed by atoms with Crippen molar-refractivity contribution in [2.75, 3.05) is 18.7 Å². The Morgan fingerprint density at radius 3 is 2.39 bits per heavy atom. The zero-order valence-corrected chi connectivity index (χ0v) is 17.6. The Balaban J connectivity index is 1.44. The Kier molecular flexibility index (Phi) is 6.64. The van der Waals surface area contributed by atoms with Gasteiger partial charge < -0.3 is 30.2 Å². The van der Waals surface area contributed by atoms with Gasteiger partial charge in [-0.05, 0) is 56.7 Å². The van der Waals surface area contributed by atoms with Gasteiger partial charge in [0.1, 0.15) is 12.1 Å². The SMILES string of the molecule is CC(C)(C)OC(=O)NCC(=O)NCc1ccc(NC(=O)c2ccc3c(c2)OCO3)cc1. The second-order valence-electron chi connectivity index (χ2n) is 7.85. The van der Waals surface area contributed by atoms with Crippen molar-refractivity contribution >= 4 is 23.6 Å². The maximum Gasteiger partial charge on any atom is 0.408 e. The van der Waals surface area contributed by atoms with Gasteiger partial charge in [0.15, 0.2) is 11.5 Å². The molecular formula is C22H25N3O6. The lowest BCUT2D eigenvalue weighted by Gasteiger charge is -2.19. The molecule has 0 bridgehead atoms. The molecule has 31 heavy (non-hydrogen) atoms. The van der Waals surface area contributed by atoms with Gasteiger partial charge in [0.25, 0.3) is 5.91 Å². The molecule has 3 rings (SSSR count). The molecule has 2 aromatic carbocycles. The molecule has 0 fully saturated rings. The van der Waals surface area contributed by atoms with Crippen molar-refractivity contribution < 1.29 is 28.6 Å². The van der Waals surface area contributed by atoms with E-state index in [-0.39, 0.29) is 31.7 Å². The highest BCUT2D eigenvalue weighted by Gasteiger charge is 2.17. The van der Waals surface area contributed by atoms with E-state index in [1.165, 1.54) is 0 Å². The maximum atomic E-state index is 12.4. The van der Waals surface area contributed by atoms with Gasteiger partial charge in [-0.1, -0.05) is 12.1 Å². The number of benzene rings is 2. The van der Waals surface area contributed by atoms with Crippen molar-refractivity contribution in [3.8, 4) is 11.5 Å². The Morgan fingerprint density at radius 2 is 1.68 bits per heavy atom. The van der Waals surface area contributed by atoms with Gasteiger partial charge in [0, 0.05) is 17.8 Å². The number of carbonyl (C=O) groups excluding carboxylic acids is 3. The first-order chi connectivity index (χ1) is 14.7. The number of carbonyl (C=O) groups is 3. The fraction of sp³-hybridized carbons (Fsp3) is 0.318. The summed E-state index contributed by atoms with van der Waals surface area (Å²) >= 11 is 0. The maximum absolute atomic E-state index is 12.4. The number of ether oxygens (including phenoxy) is 3. The van der Waals surface area contributed by atoms with Crippen LogP contribution in [0.15, 0.2) is 42.5 Å².